The first-order valence-electron chi connectivity index (χ1n) is 10.7. The third-order valence-electron chi connectivity index (χ3n) is 5.86. The van der Waals surface area contributed by atoms with E-state index in [2.05, 4.69) is 10.4 Å². The predicted octanol–water partition coefficient (Wildman–Crippen LogP) is 4.31. The molecule has 1 amide bonds. The molecule has 0 saturated heterocycles. The summed E-state index contributed by atoms with van der Waals surface area (Å²) >= 11 is 0. The quantitative estimate of drug-likeness (QED) is 0.173. The van der Waals surface area contributed by atoms with Crippen molar-refractivity contribution in [1.82, 2.24) is 9.78 Å². The number of non-ortho nitro benzene ring substituents is 1. The van der Waals surface area contributed by atoms with Crippen LogP contribution in [0.2, 0.25) is 0 Å². The van der Waals surface area contributed by atoms with E-state index in [0.29, 0.717) is 29.1 Å². The smallest absolute Gasteiger partial charge is 0.269 e. The molecule has 0 spiro atoms. The number of carbonyl (C=O) groups is 2. The summed E-state index contributed by atoms with van der Waals surface area (Å²) in [5, 5.41) is 27.9. The van der Waals surface area contributed by atoms with Crippen molar-refractivity contribution in [2.45, 2.75) is 6.42 Å². The number of para-hydroxylation sites is 1. The van der Waals surface area contributed by atoms with Crippen LogP contribution in [0.5, 0.6) is 0 Å². The van der Waals surface area contributed by atoms with E-state index in [1.165, 1.54) is 12.1 Å². The summed E-state index contributed by atoms with van der Waals surface area (Å²) in [5.74, 6) is -3.04. The lowest BCUT2D eigenvalue weighted by Gasteiger charge is -2.09. The zero-order valence-corrected chi connectivity index (χ0v) is 18.2. The van der Waals surface area contributed by atoms with E-state index in [4.69, 9.17) is 0 Å². The maximum Gasteiger partial charge on any atom is 0.269 e. The second-order valence-corrected chi connectivity index (χ2v) is 7.98. The number of amides is 1. The number of hydrogen-bond donors (Lipinski definition) is 1. The van der Waals surface area contributed by atoms with Gasteiger partial charge in [-0.25, -0.2) is 4.68 Å². The van der Waals surface area contributed by atoms with Crippen LogP contribution in [0, 0.1) is 27.4 Å². The van der Waals surface area contributed by atoms with Crippen LogP contribution in [0.15, 0.2) is 78.9 Å². The molecule has 35 heavy (non-hydrogen) atoms. The number of nitro groups is 1. The lowest BCUT2D eigenvalue weighted by molar-refractivity contribution is -0.384. The lowest BCUT2D eigenvalue weighted by atomic mass is 9.98. The van der Waals surface area contributed by atoms with Crippen LogP contribution in [0.3, 0.4) is 0 Å². The Bertz CT molecular complexity index is 1520. The second kappa shape index (κ2) is 8.68. The number of nitro benzene ring substituents is 1. The molecule has 1 aliphatic rings. The van der Waals surface area contributed by atoms with Crippen LogP contribution in [0.1, 0.15) is 21.6 Å². The fourth-order valence-electron chi connectivity index (χ4n) is 4.20. The highest BCUT2D eigenvalue weighted by molar-refractivity contribution is 6.16. The van der Waals surface area contributed by atoms with Crippen LogP contribution in [0.4, 0.5) is 11.4 Å². The molecule has 9 heteroatoms. The van der Waals surface area contributed by atoms with E-state index in [1.807, 2.05) is 30.3 Å². The fourth-order valence-corrected chi connectivity index (χ4v) is 4.20. The molecule has 1 atom stereocenters. The normalized spacial score (nSPS) is 12.2. The molecule has 170 valence electrons. The van der Waals surface area contributed by atoms with Crippen LogP contribution < -0.4 is 5.32 Å². The van der Waals surface area contributed by atoms with Gasteiger partial charge in [0.05, 0.1) is 22.4 Å². The fraction of sp³-hybridized carbons (Fsp3) is 0.0769. The van der Waals surface area contributed by atoms with Gasteiger partial charge in [-0.2, -0.15) is 10.4 Å². The zero-order chi connectivity index (χ0) is 24.5. The van der Waals surface area contributed by atoms with E-state index in [0.717, 1.165) is 11.1 Å². The van der Waals surface area contributed by atoms with Crippen molar-refractivity contribution in [3.8, 4) is 23.0 Å². The topological polar surface area (TPSA) is 131 Å². The standard InChI is InChI=1S/C26H17N5O4/c27-15-22(26(33)28-17-7-2-1-3-8-17)25(32)23-21-14-16-6-4-5-9-20(16)24(21)30(29-23)18-10-12-19(13-11-18)31(34)35/h1-13,22H,14H2,(H,28,33). The number of nitriles is 1. The average Bonchev–Trinajstić information content (AvgIpc) is 3.42. The second-order valence-electron chi connectivity index (χ2n) is 7.98. The summed E-state index contributed by atoms with van der Waals surface area (Å²) in [4.78, 5) is 36.8. The van der Waals surface area contributed by atoms with Gasteiger partial charge in [-0.15, -0.1) is 0 Å². The number of nitrogens with one attached hydrogen (secondary N) is 1. The van der Waals surface area contributed by atoms with Crippen molar-refractivity contribution in [2.24, 2.45) is 5.92 Å². The van der Waals surface area contributed by atoms with Crippen molar-refractivity contribution >= 4 is 23.1 Å². The SMILES string of the molecule is N#CC(C(=O)Nc1ccccc1)C(=O)c1nn(-c2ccc([N+](=O)[O-])cc2)c2c1Cc1ccccc1-2. The van der Waals surface area contributed by atoms with Crippen LogP contribution >= 0.6 is 0 Å². The number of hydrogen-bond acceptors (Lipinski definition) is 6. The van der Waals surface area contributed by atoms with Gasteiger partial charge < -0.3 is 5.32 Å². The number of fused-ring (bicyclic) bond motifs is 3. The highest BCUT2D eigenvalue weighted by atomic mass is 16.6. The minimum Gasteiger partial charge on any atom is -0.325 e. The lowest BCUT2D eigenvalue weighted by Crippen LogP contribution is -2.29. The Morgan fingerprint density at radius 2 is 1.71 bits per heavy atom. The molecule has 1 N–H and O–H groups in total. The highest BCUT2D eigenvalue weighted by Gasteiger charge is 2.36. The average molecular weight is 463 g/mol. The number of anilines is 1. The van der Waals surface area contributed by atoms with Gasteiger partial charge in [0.2, 0.25) is 11.7 Å². The number of benzene rings is 3. The summed E-state index contributed by atoms with van der Waals surface area (Å²) in [7, 11) is 0. The van der Waals surface area contributed by atoms with Crippen molar-refractivity contribution in [3.63, 3.8) is 0 Å². The van der Waals surface area contributed by atoms with E-state index in [-0.39, 0.29) is 11.4 Å². The first-order chi connectivity index (χ1) is 17.0. The molecule has 0 radical (unpaired) electrons. The van der Waals surface area contributed by atoms with Crippen LogP contribution in [-0.4, -0.2) is 26.4 Å². The Labute approximate surface area is 199 Å². The number of nitrogens with zero attached hydrogens (tertiary/aromatic N) is 4. The molecule has 4 aromatic rings. The van der Waals surface area contributed by atoms with Gasteiger partial charge in [0.15, 0.2) is 5.92 Å². The summed E-state index contributed by atoms with van der Waals surface area (Å²) in [6.07, 6.45) is 0.415. The molecule has 1 heterocycles. The molecule has 0 aliphatic heterocycles. The van der Waals surface area contributed by atoms with Crippen molar-refractivity contribution in [2.75, 3.05) is 5.32 Å². The molecule has 1 aliphatic carbocycles. The molecule has 0 saturated carbocycles. The highest BCUT2D eigenvalue weighted by Crippen LogP contribution is 2.40. The minimum atomic E-state index is -1.59. The Hall–Kier alpha value is -5.10. The number of ketones is 1. The summed E-state index contributed by atoms with van der Waals surface area (Å²) in [6.45, 7) is 0. The third kappa shape index (κ3) is 3.83. The Morgan fingerprint density at radius 1 is 1.03 bits per heavy atom. The molecule has 9 nitrogen and oxygen atoms in total. The van der Waals surface area contributed by atoms with Gasteiger partial charge >= 0.3 is 0 Å². The Balaban J connectivity index is 1.57. The maximum absolute atomic E-state index is 13.5. The Kier molecular flexibility index (Phi) is 5.39. The molecular weight excluding hydrogens is 446 g/mol. The van der Waals surface area contributed by atoms with E-state index in [9.17, 15) is 25.0 Å². The van der Waals surface area contributed by atoms with E-state index < -0.39 is 22.5 Å². The Morgan fingerprint density at radius 3 is 2.40 bits per heavy atom. The van der Waals surface area contributed by atoms with Gasteiger partial charge in [-0.3, -0.25) is 19.7 Å². The van der Waals surface area contributed by atoms with Gasteiger partial charge in [0, 0.05) is 35.4 Å². The molecular formula is C26H17N5O4. The first kappa shape index (κ1) is 21.7. The molecule has 1 aromatic heterocycles. The monoisotopic (exact) mass is 463 g/mol. The number of carbonyl (C=O) groups excluding carboxylic acids is 2. The minimum absolute atomic E-state index is 0.0318. The predicted molar refractivity (Wildman–Crippen MR) is 127 cm³/mol. The van der Waals surface area contributed by atoms with Crippen LogP contribution in [0.25, 0.3) is 16.9 Å². The van der Waals surface area contributed by atoms with E-state index in [1.54, 1.807) is 47.1 Å². The number of Topliss-reactive ketones (excluding diaryl/α,β-unsaturated/α-hetero) is 1. The molecule has 5 rings (SSSR count). The summed E-state index contributed by atoms with van der Waals surface area (Å²) in [6, 6.07) is 23.8. The largest absolute Gasteiger partial charge is 0.325 e. The van der Waals surface area contributed by atoms with Gasteiger partial charge in [-0.05, 0) is 29.8 Å². The van der Waals surface area contributed by atoms with Crippen molar-refractivity contribution < 1.29 is 14.5 Å². The van der Waals surface area contributed by atoms with Gasteiger partial charge in [-0.1, -0.05) is 42.5 Å². The first-order valence-corrected chi connectivity index (χ1v) is 10.7. The summed E-state index contributed by atoms with van der Waals surface area (Å²) in [5.41, 5.74) is 4.08. The van der Waals surface area contributed by atoms with Gasteiger partial charge in [0.25, 0.3) is 5.69 Å². The van der Waals surface area contributed by atoms with Crippen LogP contribution in [-0.2, 0) is 11.2 Å². The van der Waals surface area contributed by atoms with Gasteiger partial charge in [0.1, 0.15) is 5.69 Å². The molecule has 0 bridgehead atoms. The third-order valence-corrected chi connectivity index (χ3v) is 5.86. The molecule has 3 aromatic carbocycles. The molecule has 1 unspecified atom stereocenters. The number of rotatable bonds is 6. The van der Waals surface area contributed by atoms with Crippen molar-refractivity contribution in [1.29, 1.82) is 5.26 Å². The van der Waals surface area contributed by atoms with E-state index >= 15 is 0 Å². The maximum atomic E-state index is 13.5. The number of aromatic nitrogens is 2. The van der Waals surface area contributed by atoms with Crippen molar-refractivity contribution in [3.05, 3.63) is 106 Å². The zero-order valence-electron chi connectivity index (χ0n) is 18.2. The molecule has 0 fully saturated rings. The summed E-state index contributed by atoms with van der Waals surface area (Å²) < 4.78 is 1.54.